The molecule has 0 aliphatic rings. The number of halogens is 1. The summed E-state index contributed by atoms with van der Waals surface area (Å²) in [6, 6.07) is 3.81. The van der Waals surface area contributed by atoms with Crippen molar-refractivity contribution >= 4 is 23.2 Å². The van der Waals surface area contributed by atoms with Crippen molar-refractivity contribution < 1.29 is 14.0 Å². The minimum absolute atomic E-state index is 0.0972. The number of nitrogen functional groups attached to an aromatic ring is 1. The van der Waals surface area contributed by atoms with Crippen LogP contribution >= 0.6 is 0 Å². The lowest BCUT2D eigenvalue weighted by Gasteiger charge is -2.19. The molecule has 21 heavy (non-hydrogen) atoms. The highest BCUT2D eigenvalue weighted by Gasteiger charge is 2.11. The van der Waals surface area contributed by atoms with Gasteiger partial charge >= 0.3 is 0 Å². The van der Waals surface area contributed by atoms with Crippen molar-refractivity contribution in [2.75, 3.05) is 37.7 Å². The molecule has 0 heterocycles. The Morgan fingerprint density at radius 1 is 1.33 bits per heavy atom. The normalized spacial score (nSPS) is 10.5. The molecule has 116 valence electrons. The molecule has 0 aliphatic carbocycles. The number of hydrogen-bond acceptors (Lipinski definition) is 4. The molecule has 0 aromatic heterocycles. The Kier molecular flexibility index (Phi) is 6.61. The minimum Gasteiger partial charge on any atom is -0.397 e. The zero-order chi connectivity index (χ0) is 15.8. The third-order valence-electron chi connectivity index (χ3n) is 3.04. The summed E-state index contributed by atoms with van der Waals surface area (Å²) in [7, 11) is 1.57. The average Bonchev–Trinajstić information content (AvgIpc) is 2.46. The van der Waals surface area contributed by atoms with Crippen LogP contribution in [-0.2, 0) is 9.59 Å². The second-order valence-corrected chi connectivity index (χ2v) is 4.57. The molecule has 0 aliphatic heterocycles. The van der Waals surface area contributed by atoms with Gasteiger partial charge in [-0.25, -0.2) is 4.39 Å². The van der Waals surface area contributed by atoms with E-state index in [4.69, 9.17) is 5.73 Å². The average molecular weight is 296 g/mol. The fourth-order valence-electron chi connectivity index (χ4n) is 1.75. The summed E-state index contributed by atoms with van der Waals surface area (Å²) in [5.41, 5.74) is 6.18. The van der Waals surface area contributed by atoms with Gasteiger partial charge in [-0.1, -0.05) is 6.92 Å². The van der Waals surface area contributed by atoms with E-state index in [9.17, 15) is 14.0 Å². The van der Waals surface area contributed by atoms with E-state index in [1.54, 1.807) is 7.05 Å². The molecule has 1 aromatic carbocycles. The number of carbonyl (C=O) groups excluding carboxylic acids is 2. The third-order valence-corrected chi connectivity index (χ3v) is 3.04. The van der Waals surface area contributed by atoms with Crippen LogP contribution in [0.4, 0.5) is 15.8 Å². The molecular weight excluding hydrogens is 275 g/mol. The molecule has 0 radical (unpaired) electrons. The van der Waals surface area contributed by atoms with Crippen molar-refractivity contribution in [1.29, 1.82) is 0 Å². The van der Waals surface area contributed by atoms with Crippen LogP contribution in [-0.4, -0.2) is 43.4 Å². The number of nitrogens with two attached hydrogens (primary N) is 1. The summed E-state index contributed by atoms with van der Waals surface area (Å²) in [5, 5.41) is 5.16. The number of nitrogens with zero attached hydrogens (tertiary/aromatic N) is 1. The molecule has 0 saturated carbocycles. The molecule has 2 amide bonds. The Labute approximate surface area is 123 Å². The third kappa shape index (κ3) is 5.78. The summed E-state index contributed by atoms with van der Waals surface area (Å²) < 4.78 is 12.9. The molecule has 4 N–H and O–H groups in total. The second kappa shape index (κ2) is 8.21. The number of nitrogens with one attached hydrogen (secondary N) is 2. The van der Waals surface area contributed by atoms with Gasteiger partial charge in [0.15, 0.2) is 0 Å². The van der Waals surface area contributed by atoms with Gasteiger partial charge in [0.2, 0.25) is 11.8 Å². The SMILES string of the molecule is CCN(CCC(=O)Nc1ccc(F)cc1N)CC(=O)NC. The van der Waals surface area contributed by atoms with Crippen LogP contribution in [0.5, 0.6) is 0 Å². The predicted molar refractivity (Wildman–Crippen MR) is 80.2 cm³/mol. The van der Waals surface area contributed by atoms with Crippen molar-refractivity contribution in [3.05, 3.63) is 24.0 Å². The molecule has 0 unspecified atom stereocenters. The van der Waals surface area contributed by atoms with Gasteiger partial charge in [0.05, 0.1) is 17.9 Å². The fourth-order valence-corrected chi connectivity index (χ4v) is 1.75. The lowest BCUT2D eigenvalue weighted by atomic mass is 10.2. The van der Waals surface area contributed by atoms with E-state index >= 15 is 0 Å². The van der Waals surface area contributed by atoms with E-state index in [1.165, 1.54) is 12.1 Å². The van der Waals surface area contributed by atoms with Gasteiger partial charge < -0.3 is 16.4 Å². The van der Waals surface area contributed by atoms with Gasteiger partial charge in [0.1, 0.15) is 5.82 Å². The minimum atomic E-state index is -0.451. The number of benzene rings is 1. The molecule has 6 nitrogen and oxygen atoms in total. The van der Waals surface area contributed by atoms with E-state index in [-0.39, 0.29) is 30.5 Å². The number of likely N-dealkylation sites (N-methyl/N-ethyl adjacent to an activating group) is 2. The monoisotopic (exact) mass is 296 g/mol. The molecule has 0 fully saturated rings. The highest BCUT2D eigenvalue weighted by Crippen LogP contribution is 2.19. The van der Waals surface area contributed by atoms with Crippen LogP contribution in [0.3, 0.4) is 0 Å². The molecule has 0 atom stereocenters. The van der Waals surface area contributed by atoms with Gasteiger partial charge in [0, 0.05) is 20.0 Å². The molecule has 1 aromatic rings. The smallest absolute Gasteiger partial charge is 0.233 e. The quantitative estimate of drug-likeness (QED) is 0.650. The summed E-state index contributed by atoms with van der Waals surface area (Å²) in [4.78, 5) is 25.0. The van der Waals surface area contributed by atoms with Crippen molar-refractivity contribution in [2.45, 2.75) is 13.3 Å². The zero-order valence-corrected chi connectivity index (χ0v) is 12.3. The molecule has 0 spiro atoms. The first-order chi connectivity index (χ1) is 9.96. The Balaban J connectivity index is 2.47. The van der Waals surface area contributed by atoms with E-state index in [2.05, 4.69) is 10.6 Å². The van der Waals surface area contributed by atoms with Crippen molar-refractivity contribution in [2.24, 2.45) is 0 Å². The van der Waals surface area contributed by atoms with Crippen molar-refractivity contribution in [3.8, 4) is 0 Å². The van der Waals surface area contributed by atoms with Crippen LogP contribution < -0.4 is 16.4 Å². The number of rotatable bonds is 7. The van der Waals surface area contributed by atoms with E-state index in [0.29, 0.717) is 18.8 Å². The molecule has 7 heteroatoms. The van der Waals surface area contributed by atoms with Gasteiger partial charge in [-0.15, -0.1) is 0 Å². The summed E-state index contributed by atoms with van der Waals surface area (Å²) in [6.45, 7) is 3.29. The van der Waals surface area contributed by atoms with E-state index in [1.807, 2.05) is 11.8 Å². The van der Waals surface area contributed by atoms with Crippen LogP contribution in [0.2, 0.25) is 0 Å². The van der Waals surface area contributed by atoms with Gasteiger partial charge in [-0.2, -0.15) is 0 Å². The van der Waals surface area contributed by atoms with Gasteiger partial charge in [-0.3, -0.25) is 14.5 Å². The summed E-state index contributed by atoms with van der Waals surface area (Å²) in [6.07, 6.45) is 0.224. The lowest BCUT2D eigenvalue weighted by Crippen LogP contribution is -2.37. The van der Waals surface area contributed by atoms with Crippen LogP contribution in [0.25, 0.3) is 0 Å². The number of anilines is 2. The highest BCUT2D eigenvalue weighted by molar-refractivity contribution is 5.93. The molecule has 0 saturated heterocycles. The van der Waals surface area contributed by atoms with Crippen LogP contribution in [0, 0.1) is 5.82 Å². The largest absolute Gasteiger partial charge is 0.397 e. The Bertz CT molecular complexity index is 508. The maximum atomic E-state index is 12.9. The van der Waals surface area contributed by atoms with Crippen molar-refractivity contribution in [3.63, 3.8) is 0 Å². The standard InChI is InChI=1S/C14H21FN4O2/c1-3-19(9-14(21)17-2)7-6-13(20)18-12-5-4-10(15)8-11(12)16/h4-5,8H,3,6-7,9,16H2,1-2H3,(H,17,21)(H,18,20). The number of carbonyl (C=O) groups is 2. The summed E-state index contributed by atoms with van der Waals surface area (Å²) in [5.74, 6) is -0.781. The first kappa shape index (κ1) is 16.9. The van der Waals surface area contributed by atoms with E-state index in [0.717, 1.165) is 6.07 Å². The van der Waals surface area contributed by atoms with Crippen LogP contribution in [0.1, 0.15) is 13.3 Å². The Hall–Kier alpha value is -2.15. The highest BCUT2D eigenvalue weighted by atomic mass is 19.1. The van der Waals surface area contributed by atoms with Crippen molar-refractivity contribution in [1.82, 2.24) is 10.2 Å². The van der Waals surface area contributed by atoms with Crippen LogP contribution in [0.15, 0.2) is 18.2 Å². The van der Waals surface area contributed by atoms with E-state index < -0.39 is 5.82 Å². The predicted octanol–water partition coefficient (Wildman–Crippen LogP) is 0.804. The second-order valence-electron chi connectivity index (χ2n) is 4.57. The summed E-state index contributed by atoms with van der Waals surface area (Å²) >= 11 is 0. The zero-order valence-electron chi connectivity index (χ0n) is 12.3. The molecule has 1 rings (SSSR count). The molecular formula is C14H21FN4O2. The number of amides is 2. The first-order valence-electron chi connectivity index (χ1n) is 6.74. The number of hydrogen-bond donors (Lipinski definition) is 3. The maximum absolute atomic E-state index is 12.9. The first-order valence-corrected chi connectivity index (χ1v) is 6.74. The van der Waals surface area contributed by atoms with Gasteiger partial charge in [0.25, 0.3) is 0 Å². The lowest BCUT2D eigenvalue weighted by molar-refractivity contribution is -0.122. The molecule has 0 bridgehead atoms. The maximum Gasteiger partial charge on any atom is 0.233 e. The fraction of sp³-hybridized carbons (Fsp3) is 0.429. The topological polar surface area (TPSA) is 87.5 Å². The Morgan fingerprint density at radius 3 is 2.62 bits per heavy atom. The Morgan fingerprint density at radius 2 is 2.05 bits per heavy atom. The van der Waals surface area contributed by atoms with Gasteiger partial charge in [-0.05, 0) is 24.7 Å².